The van der Waals surface area contributed by atoms with E-state index in [1.165, 1.54) is 6.92 Å². The molecule has 1 aromatic heterocycles. The number of hydrogen-bond donors (Lipinski definition) is 3. The number of nitrogens with zero attached hydrogens (tertiary/aromatic N) is 4. The summed E-state index contributed by atoms with van der Waals surface area (Å²) in [5.74, 6) is -0.0254. The first-order chi connectivity index (χ1) is 23.7. The lowest BCUT2D eigenvalue weighted by atomic mass is 9.85. The van der Waals surface area contributed by atoms with E-state index in [9.17, 15) is 9.65 Å². The molecule has 0 saturated carbocycles. The Kier molecular flexibility index (Phi) is 13.9. The maximum absolute atomic E-state index is 14.5. The monoisotopic (exact) mass is 673 g/mol. The summed E-state index contributed by atoms with van der Waals surface area (Å²) >= 11 is 0. The Morgan fingerprint density at radius 3 is 2.40 bits per heavy atom. The molecule has 0 saturated heterocycles. The lowest BCUT2D eigenvalue weighted by molar-refractivity contribution is 0.571. The van der Waals surface area contributed by atoms with Gasteiger partial charge in [-0.1, -0.05) is 82.2 Å². The van der Waals surface area contributed by atoms with Gasteiger partial charge < -0.3 is 20.5 Å². The van der Waals surface area contributed by atoms with Gasteiger partial charge in [0.25, 0.3) is 0 Å². The quantitative estimate of drug-likeness (QED) is 0.154. The van der Waals surface area contributed by atoms with Crippen molar-refractivity contribution in [3.8, 4) is 6.07 Å². The van der Waals surface area contributed by atoms with Crippen molar-refractivity contribution in [3.63, 3.8) is 0 Å². The number of halogens is 1. The highest BCUT2D eigenvalue weighted by Crippen LogP contribution is 2.35. The molecule has 50 heavy (non-hydrogen) atoms. The smallest absolute Gasteiger partial charge is 0.212 e. The summed E-state index contributed by atoms with van der Waals surface area (Å²) in [6.45, 7) is 33.0. The summed E-state index contributed by atoms with van der Waals surface area (Å²) in [5.41, 5.74) is 11.9. The zero-order chi connectivity index (χ0) is 37.1. The van der Waals surface area contributed by atoms with Crippen molar-refractivity contribution < 1.29 is 4.39 Å². The standard InChI is InChI=1S/C42H52FN7/c1-13-15-38(36-19-18-35(14-2)27(4)20-36)49-33(10)39-21-40(50(12)41(22-44)46-24-28(5)48-39)34(11)45-23-26(3)16-17-37(32(9)43)25-47-42-30(7)29(6)31(42)8/h14,16,18-21,24,38,45,47,49H,2,6-7,10-11,13,15,17,23,25H2,1,3-5,8-9,12H3/b26-16+,28-24?,37-32-,40-21?,46-41?,48-39?/t38-/m0/s1. The van der Waals surface area contributed by atoms with Gasteiger partial charge in [-0.3, -0.25) is 0 Å². The van der Waals surface area contributed by atoms with Crippen LogP contribution < -0.4 is 16.0 Å². The largest absolute Gasteiger partial charge is 0.380 e. The van der Waals surface area contributed by atoms with Crippen molar-refractivity contribution in [2.24, 2.45) is 7.05 Å². The molecule has 0 aliphatic heterocycles. The molecule has 0 spiro atoms. The van der Waals surface area contributed by atoms with Crippen molar-refractivity contribution in [2.45, 2.75) is 66.8 Å². The van der Waals surface area contributed by atoms with Gasteiger partial charge in [0.2, 0.25) is 5.82 Å². The summed E-state index contributed by atoms with van der Waals surface area (Å²) in [4.78, 5) is 9.24. The van der Waals surface area contributed by atoms with Gasteiger partial charge in [0.1, 0.15) is 6.07 Å². The molecular formula is C42H52FN7. The van der Waals surface area contributed by atoms with Crippen molar-refractivity contribution in [1.82, 2.24) is 30.5 Å². The fourth-order valence-corrected chi connectivity index (χ4v) is 5.59. The van der Waals surface area contributed by atoms with Gasteiger partial charge in [0.05, 0.1) is 46.5 Å². The Morgan fingerprint density at radius 2 is 1.80 bits per heavy atom. The number of nitriles is 1. The summed E-state index contributed by atoms with van der Waals surface area (Å²) in [7, 11) is 1.77. The summed E-state index contributed by atoms with van der Waals surface area (Å²) in [6, 6.07) is 10.5. The van der Waals surface area contributed by atoms with Gasteiger partial charge in [0.15, 0.2) is 0 Å². The minimum atomic E-state index is -0.212. The van der Waals surface area contributed by atoms with Crippen molar-refractivity contribution in [2.75, 3.05) is 13.1 Å². The van der Waals surface area contributed by atoms with Gasteiger partial charge in [-0.2, -0.15) is 5.26 Å². The summed E-state index contributed by atoms with van der Waals surface area (Å²) < 4.78 is 16.2. The molecular weight excluding hydrogens is 622 g/mol. The number of allylic oxidation sites excluding steroid dienone is 4. The lowest BCUT2D eigenvalue weighted by Crippen LogP contribution is -2.26. The molecule has 1 aliphatic rings. The molecule has 1 aromatic carbocycles. The van der Waals surface area contributed by atoms with Crippen LogP contribution in [0.25, 0.3) is 17.5 Å². The zero-order valence-electron chi connectivity index (χ0n) is 30.9. The molecule has 1 aliphatic carbocycles. The summed E-state index contributed by atoms with van der Waals surface area (Å²) in [5, 5.41) is 20.3. The first-order valence-electron chi connectivity index (χ1n) is 16.9. The Labute approximate surface area is 298 Å². The maximum Gasteiger partial charge on any atom is 0.212 e. The van der Waals surface area contributed by atoms with Gasteiger partial charge in [0, 0.05) is 25.8 Å². The van der Waals surface area contributed by atoms with E-state index in [4.69, 9.17) is 4.98 Å². The summed E-state index contributed by atoms with van der Waals surface area (Å²) in [6.07, 6.45) is 7.75. The average molecular weight is 674 g/mol. The predicted molar refractivity (Wildman–Crippen MR) is 207 cm³/mol. The fraction of sp³-hybridized carbons (Fsp3) is 0.310. The second-order valence-corrected chi connectivity index (χ2v) is 12.7. The van der Waals surface area contributed by atoms with Crippen LogP contribution in [0.4, 0.5) is 4.39 Å². The van der Waals surface area contributed by atoms with Gasteiger partial charge >= 0.3 is 0 Å². The molecule has 0 bridgehead atoms. The lowest BCUT2D eigenvalue weighted by Gasteiger charge is -2.28. The van der Waals surface area contributed by atoms with Crippen molar-refractivity contribution >= 4 is 17.5 Å². The van der Waals surface area contributed by atoms with Crippen LogP contribution in [0, 0.1) is 25.2 Å². The first kappa shape index (κ1) is 39.0. The fourth-order valence-electron chi connectivity index (χ4n) is 5.59. The Balaban J connectivity index is 1.88. The van der Waals surface area contributed by atoms with Crippen LogP contribution in [-0.2, 0) is 7.05 Å². The van der Waals surface area contributed by atoms with Crippen LogP contribution >= 0.6 is 0 Å². The van der Waals surface area contributed by atoms with E-state index in [0.717, 1.165) is 57.5 Å². The van der Waals surface area contributed by atoms with E-state index in [1.807, 2.05) is 39.0 Å². The third kappa shape index (κ3) is 9.82. The molecule has 1 atom stereocenters. The number of aryl methyl sites for hydroxylation is 2. The normalized spacial score (nSPS) is 13.8. The van der Waals surface area contributed by atoms with E-state index in [1.54, 1.807) is 17.8 Å². The number of nitrogens with one attached hydrogen (secondary N) is 3. The van der Waals surface area contributed by atoms with Crippen LogP contribution in [0.5, 0.6) is 0 Å². The molecule has 0 fully saturated rings. The minimum Gasteiger partial charge on any atom is -0.380 e. The molecule has 2 aromatic rings. The molecule has 262 valence electrons. The topological polar surface area (TPSA) is 90.6 Å². The highest BCUT2D eigenvalue weighted by Gasteiger charge is 2.22. The first-order valence-corrected chi connectivity index (χ1v) is 16.9. The SMILES string of the molecule is C=Cc1ccc([C@H](CCC)NC(=C)c2cc(C(=C)NC/C(C)=C/C/C(CNC3=C(C)C(=C)C3=C)=C(\C)F)n(C)c(C#N)ncc(C)n2)cc1C. The Hall–Kier alpha value is -5.42. The van der Waals surface area contributed by atoms with Crippen molar-refractivity contribution in [3.05, 3.63) is 148 Å². The van der Waals surface area contributed by atoms with Gasteiger partial charge in [-0.15, -0.1) is 0 Å². The number of aromatic nitrogens is 3. The van der Waals surface area contributed by atoms with Crippen LogP contribution in [0.15, 0.2) is 109 Å². The highest BCUT2D eigenvalue weighted by atomic mass is 19.1. The van der Waals surface area contributed by atoms with Crippen LogP contribution in [-0.4, -0.2) is 27.6 Å². The van der Waals surface area contributed by atoms with E-state index < -0.39 is 0 Å². The Morgan fingerprint density at radius 1 is 1.08 bits per heavy atom. The van der Waals surface area contributed by atoms with Crippen LogP contribution in [0.1, 0.15) is 92.6 Å². The second-order valence-electron chi connectivity index (χ2n) is 12.7. The second kappa shape index (κ2) is 17.8. The number of rotatable bonds is 16. The molecule has 7 nitrogen and oxygen atoms in total. The zero-order valence-corrected chi connectivity index (χ0v) is 30.9. The number of hydrogen-bond acceptors (Lipinski definition) is 6. The van der Waals surface area contributed by atoms with Crippen molar-refractivity contribution in [1.29, 1.82) is 5.26 Å². The predicted octanol–water partition coefficient (Wildman–Crippen LogP) is 9.30. The molecule has 0 unspecified atom stereocenters. The highest BCUT2D eigenvalue weighted by molar-refractivity contribution is 5.66. The molecule has 1 heterocycles. The molecule has 3 rings (SSSR count). The van der Waals surface area contributed by atoms with Crippen LogP contribution in [0.3, 0.4) is 0 Å². The Bertz CT molecular complexity index is 1890. The molecule has 3 N–H and O–H groups in total. The van der Waals surface area contributed by atoms with E-state index >= 15 is 0 Å². The maximum atomic E-state index is 14.5. The molecule has 0 radical (unpaired) electrons. The third-order valence-electron chi connectivity index (χ3n) is 8.92. The van der Waals surface area contributed by atoms with E-state index in [-0.39, 0.29) is 17.7 Å². The average Bonchev–Trinajstić information content (AvgIpc) is 3.15. The number of benzene rings is 1. The van der Waals surface area contributed by atoms with Gasteiger partial charge in [-0.25, -0.2) is 14.4 Å². The molecule has 0 amide bonds. The van der Waals surface area contributed by atoms with Crippen LogP contribution in [0.2, 0.25) is 0 Å². The third-order valence-corrected chi connectivity index (χ3v) is 8.92. The molecule has 8 heteroatoms. The van der Waals surface area contributed by atoms with E-state index in [0.29, 0.717) is 53.6 Å². The minimum absolute atomic E-state index is 0.00846. The van der Waals surface area contributed by atoms with E-state index in [2.05, 4.69) is 91.9 Å². The van der Waals surface area contributed by atoms with Gasteiger partial charge in [-0.05, 0) is 92.5 Å².